The molecule has 0 radical (unpaired) electrons. The van der Waals surface area contributed by atoms with E-state index in [4.69, 9.17) is 10.5 Å². The number of nitrogens with two attached hydrogens (primary N) is 1. The fourth-order valence-electron chi connectivity index (χ4n) is 2.10. The van der Waals surface area contributed by atoms with Gasteiger partial charge in [-0.15, -0.1) is 0 Å². The maximum Gasteiger partial charge on any atom is 0.340 e. The molecular formula is C19H25NO2. The zero-order valence-electron chi connectivity index (χ0n) is 13.6. The van der Waals surface area contributed by atoms with Crippen LogP contribution in [-0.4, -0.2) is 12.1 Å². The van der Waals surface area contributed by atoms with Crippen LogP contribution in [0.1, 0.15) is 44.0 Å². The minimum Gasteiger partial charge on any atom is -0.454 e. The molecule has 0 aliphatic rings. The molecule has 0 aliphatic carbocycles. The van der Waals surface area contributed by atoms with E-state index in [-0.39, 0.29) is 12.1 Å². The Kier molecular flexibility index (Phi) is 7.76. The number of allylic oxidation sites excluding steroid dienone is 5. The van der Waals surface area contributed by atoms with Crippen LogP contribution >= 0.6 is 0 Å². The van der Waals surface area contributed by atoms with Crippen molar-refractivity contribution in [1.82, 2.24) is 0 Å². The second-order valence-corrected chi connectivity index (χ2v) is 5.08. The number of esters is 1. The number of benzene rings is 1. The molecule has 2 N–H and O–H groups in total. The van der Waals surface area contributed by atoms with Crippen LogP contribution in [-0.2, 0) is 4.74 Å². The van der Waals surface area contributed by atoms with Gasteiger partial charge < -0.3 is 10.5 Å². The molecular weight excluding hydrogens is 274 g/mol. The molecule has 0 aromatic heterocycles. The highest BCUT2D eigenvalue weighted by Crippen LogP contribution is 2.15. The Hall–Kier alpha value is -2.29. The summed E-state index contributed by atoms with van der Waals surface area (Å²) < 4.78 is 5.55. The monoisotopic (exact) mass is 299 g/mol. The van der Waals surface area contributed by atoms with Gasteiger partial charge in [-0.25, -0.2) is 4.79 Å². The summed E-state index contributed by atoms with van der Waals surface area (Å²) in [4.78, 5) is 12.2. The van der Waals surface area contributed by atoms with Gasteiger partial charge in [-0.1, -0.05) is 42.0 Å². The summed E-state index contributed by atoms with van der Waals surface area (Å²) >= 11 is 0. The van der Waals surface area contributed by atoms with Gasteiger partial charge in [-0.2, -0.15) is 0 Å². The van der Waals surface area contributed by atoms with E-state index in [1.165, 1.54) is 5.57 Å². The Morgan fingerprint density at radius 1 is 1.27 bits per heavy atom. The Morgan fingerprint density at radius 2 is 2.00 bits per heavy atom. The molecule has 0 saturated heterocycles. The molecule has 118 valence electrons. The van der Waals surface area contributed by atoms with Gasteiger partial charge in [0.1, 0.15) is 6.10 Å². The first-order chi connectivity index (χ1) is 10.6. The molecule has 0 amide bonds. The molecule has 1 aromatic carbocycles. The number of anilines is 1. The highest BCUT2D eigenvalue weighted by atomic mass is 16.5. The van der Waals surface area contributed by atoms with Gasteiger partial charge >= 0.3 is 5.97 Å². The summed E-state index contributed by atoms with van der Waals surface area (Å²) in [5, 5.41) is 0. The first-order valence-corrected chi connectivity index (χ1v) is 7.56. The average molecular weight is 299 g/mol. The van der Waals surface area contributed by atoms with Crippen molar-refractivity contribution in [3.63, 3.8) is 0 Å². The first kappa shape index (κ1) is 17.8. The minimum atomic E-state index is -0.379. The van der Waals surface area contributed by atoms with Gasteiger partial charge in [-0.3, -0.25) is 0 Å². The molecule has 22 heavy (non-hydrogen) atoms. The summed E-state index contributed by atoms with van der Waals surface area (Å²) in [6.45, 7) is 5.96. The number of carbonyl (C=O) groups is 1. The number of hydrogen-bond acceptors (Lipinski definition) is 3. The number of nitrogen functional groups attached to an aromatic ring is 1. The molecule has 0 aliphatic heterocycles. The van der Waals surface area contributed by atoms with Crippen LogP contribution in [0, 0.1) is 0 Å². The van der Waals surface area contributed by atoms with E-state index in [0.29, 0.717) is 11.3 Å². The normalized spacial score (nSPS) is 13.7. The fourth-order valence-corrected chi connectivity index (χ4v) is 2.10. The third-order valence-electron chi connectivity index (χ3n) is 3.19. The molecule has 0 heterocycles. The van der Waals surface area contributed by atoms with Gasteiger partial charge in [-0.05, 0) is 51.8 Å². The SMILES string of the molecule is CC=CC(C)=CCCC(C=CC)OC(=O)c1ccccc1N. The Labute approximate surface area is 133 Å². The molecule has 0 fully saturated rings. The molecule has 3 heteroatoms. The van der Waals surface area contributed by atoms with Crippen LogP contribution in [0.4, 0.5) is 5.69 Å². The first-order valence-electron chi connectivity index (χ1n) is 7.56. The number of ether oxygens (including phenoxy) is 1. The zero-order valence-corrected chi connectivity index (χ0v) is 13.6. The lowest BCUT2D eigenvalue weighted by Gasteiger charge is -2.14. The van der Waals surface area contributed by atoms with Crippen molar-refractivity contribution >= 4 is 11.7 Å². The van der Waals surface area contributed by atoms with Crippen molar-refractivity contribution in [2.45, 2.75) is 39.7 Å². The van der Waals surface area contributed by atoms with Crippen molar-refractivity contribution in [1.29, 1.82) is 0 Å². The van der Waals surface area contributed by atoms with E-state index in [1.807, 2.05) is 32.1 Å². The van der Waals surface area contributed by atoms with Crippen LogP contribution in [0.2, 0.25) is 0 Å². The van der Waals surface area contributed by atoms with Crippen LogP contribution in [0.25, 0.3) is 0 Å². The number of carbonyl (C=O) groups excluding carboxylic acids is 1. The summed E-state index contributed by atoms with van der Waals surface area (Å²) in [5.74, 6) is -0.379. The zero-order chi connectivity index (χ0) is 16.4. The van der Waals surface area contributed by atoms with Crippen LogP contribution in [0.3, 0.4) is 0 Å². The topological polar surface area (TPSA) is 52.3 Å². The predicted molar refractivity (Wildman–Crippen MR) is 92.7 cm³/mol. The second kappa shape index (κ2) is 9.61. The largest absolute Gasteiger partial charge is 0.454 e. The minimum absolute atomic E-state index is 0.244. The van der Waals surface area contributed by atoms with E-state index in [2.05, 4.69) is 19.1 Å². The quantitative estimate of drug-likeness (QED) is 0.344. The molecule has 1 rings (SSSR count). The van der Waals surface area contributed by atoms with Gasteiger partial charge in [0.2, 0.25) is 0 Å². The number of rotatable bonds is 7. The second-order valence-electron chi connectivity index (χ2n) is 5.08. The number of para-hydroxylation sites is 1. The molecule has 1 atom stereocenters. The lowest BCUT2D eigenvalue weighted by molar-refractivity contribution is 0.0383. The molecule has 0 bridgehead atoms. The summed E-state index contributed by atoms with van der Waals surface area (Å²) in [7, 11) is 0. The Morgan fingerprint density at radius 3 is 2.64 bits per heavy atom. The van der Waals surface area contributed by atoms with E-state index in [9.17, 15) is 4.79 Å². The fraction of sp³-hybridized carbons (Fsp3) is 0.316. The van der Waals surface area contributed by atoms with E-state index >= 15 is 0 Å². The van der Waals surface area contributed by atoms with Gasteiger partial charge in [0.15, 0.2) is 0 Å². The number of hydrogen-bond donors (Lipinski definition) is 1. The Balaban J connectivity index is 2.66. The molecule has 0 spiro atoms. The van der Waals surface area contributed by atoms with Crippen molar-refractivity contribution in [3.8, 4) is 0 Å². The standard InChI is InChI=1S/C19H25NO2/c1-4-9-15(3)11-8-12-16(10-5-2)22-19(21)17-13-6-7-14-18(17)20/h4-7,9-11,13-14,16H,8,12,20H2,1-3H3. The third-order valence-corrected chi connectivity index (χ3v) is 3.19. The highest BCUT2D eigenvalue weighted by Gasteiger charge is 2.15. The van der Waals surface area contributed by atoms with Crippen LogP contribution < -0.4 is 5.73 Å². The maximum atomic E-state index is 12.2. The molecule has 1 aromatic rings. The molecule has 0 saturated carbocycles. The van der Waals surface area contributed by atoms with Crippen LogP contribution in [0.15, 0.2) is 60.2 Å². The molecule has 1 unspecified atom stereocenters. The third kappa shape index (κ3) is 6.00. The smallest absolute Gasteiger partial charge is 0.340 e. The lowest BCUT2D eigenvalue weighted by Crippen LogP contribution is -2.17. The summed E-state index contributed by atoms with van der Waals surface area (Å²) in [6.07, 6.45) is 11.4. The van der Waals surface area contributed by atoms with E-state index < -0.39 is 0 Å². The van der Waals surface area contributed by atoms with Crippen LogP contribution in [0.5, 0.6) is 0 Å². The van der Waals surface area contributed by atoms with Crippen molar-refractivity contribution in [2.24, 2.45) is 0 Å². The van der Waals surface area contributed by atoms with Gasteiger partial charge in [0.25, 0.3) is 0 Å². The van der Waals surface area contributed by atoms with E-state index in [1.54, 1.807) is 24.3 Å². The van der Waals surface area contributed by atoms with E-state index in [0.717, 1.165) is 12.8 Å². The van der Waals surface area contributed by atoms with Gasteiger partial charge in [0, 0.05) is 5.69 Å². The maximum absolute atomic E-state index is 12.2. The Bertz CT molecular complexity index is 571. The summed E-state index contributed by atoms with van der Waals surface area (Å²) in [5.41, 5.74) is 7.87. The van der Waals surface area contributed by atoms with Crippen molar-refractivity contribution in [2.75, 3.05) is 5.73 Å². The summed E-state index contributed by atoms with van der Waals surface area (Å²) in [6, 6.07) is 6.95. The average Bonchev–Trinajstić information content (AvgIpc) is 2.48. The van der Waals surface area contributed by atoms with Gasteiger partial charge in [0.05, 0.1) is 5.56 Å². The molecule has 3 nitrogen and oxygen atoms in total. The lowest BCUT2D eigenvalue weighted by atomic mass is 10.1. The highest BCUT2D eigenvalue weighted by molar-refractivity contribution is 5.95. The predicted octanol–water partition coefficient (Wildman–Crippen LogP) is 4.67. The van der Waals surface area contributed by atoms with Crippen molar-refractivity contribution in [3.05, 3.63) is 65.8 Å². The van der Waals surface area contributed by atoms with Crippen molar-refractivity contribution < 1.29 is 9.53 Å².